The zero-order valence-corrected chi connectivity index (χ0v) is 17.9. The summed E-state index contributed by atoms with van der Waals surface area (Å²) < 4.78 is 3.65. The highest BCUT2D eigenvalue weighted by atomic mass is 16.1. The lowest BCUT2D eigenvalue weighted by Crippen LogP contribution is -2.15. The Hall–Kier alpha value is -4.14. The molecule has 0 atom stereocenters. The average Bonchev–Trinajstić information content (AvgIpc) is 3.29. The summed E-state index contributed by atoms with van der Waals surface area (Å²) in [6.07, 6.45) is 9.31. The molecule has 1 aliphatic carbocycles. The quantitative estimate of drug-likeness (QED) is 0.413. The number of aryl methyl sites for hydroxylation is 2. The van der Waals surface area contributed by atoms with Crippen molar-refractivity contribution in [3.05, 3.63) is 72.6 Å². The number of imidazole rings is 1. The van der Waals surface area contributed by atoms with Crippen molar-refractivity contribution in [3.8, 4) is 5.82 Å². The SMILES string of the molecule is Cc1ccc(NC(=O)c2cccn2C)cc1Nc1nccn1-c1cc(NC2CC2)ncn1. The van der Waals surface area contributed by atoms with Crippen molar-refractivity contribution in [2.24, 2.45) is 7.05 Å². The lowest BCUT2D eigenvalue weighted by Gasteiger charge is -2.14. The fourth-order valence-corrected chi connectivity index (χ4v) is 3.42. The number of nitrogens with one attached hydrogen (secondary N) is 3. The topological polar surface area (TPSA) is 102 Å². The number of hydrogen-bond acceptors (Lipinski definition) is 6. The Kier molecular flexibility index (Phi) is 5.06. The molecule has 0 bridgehead atoms. The first kappa shape index (κ1) is 19.8. The van der Waals surface area contributed by atoms with Crippen LogP contribution in [-0.4, -0.2) is 36.0 Å². The van der Waals surface area contributed by atoms with Gasteiger partial charge >= 0.3 is 0 Å². The summed E-state index contributed by atoms with van der Waals surface area (Å²) in [6.45, 7) is 2.00. The van der Waals surface area contributed by atoms with E-state index in [-0.39, 0.29) is 5.91 Å². The van der Waals surface area contributed by atoms with Gasteiger partial charge in [-0.2, -0.15) is 0 Å². The van der Waals surface area contributed by atoms with E-state index in [1.54, 1.807) is 23.2 Å². The molecule has 1 aromatic carbocycles. The number of hydrogen-bond donors (Lipinski definition) is 3. The third-order valence-electron chi connectivity index (χ3n) is 5.39. The van der Waals surface area contributed by atoms with E-state index in [1.807, 2.05) is 61.3 Å². The fourth-order valence-electron chi connectivity index (χ4n) is 3.42. The van der Waals surface area contributed by atoms with Crippen LogP contribution in [0, 0.1) is 6.92 Å². The molecule has 3 heterocycles. The Morgan fingerprint density at radius 3 is 2.75 bits per heavy atom. The molecule has 9 heteroatoms. The summed E-state index contributed by atoms with van der Waals surface area (Å²) in [7, 11) is 1.84. The van der Waals surface area contributed by atoms with Gasteiger partial charge in [0, 0.05) is 49.1 Å². The minimum atomic E-state index is -0.162. The molecule has 5 rings (SSSR count). The molecule has 4 aromatic rings. The molecule has 0 radical (unpaired) electrons. The third-order valence-corrected chi connectivity index (χ3v) is 5.39. The summed E-state index contributed by atoms with van der Waals surface area (Å²) in [5, 5.41) is 9.71. The summed E-state index contributed by atoms with van der Waals surface area (Å²) >= 11 is 0. The number of anilines is 4. The lowest BCUT2D eigenvalue weighted by atomic mass is 10.1. The van der Waals surface area contributed by atoms with Gasteiger partial charge in [0.2, 0.25) is 5.95 Å². The van der Waals surface area contributed by atoms with Crippen molar-refractivity contribution in [2.75, 3.05) is 16.0 Å². The van der Waals surface area contributed by atoms with Crippen LogP contribution in [0.15, 0.2) is 61.3 Å². The second kappa shape index (κ2) is 8.18. The zero-order chi connectivity index (χ0) is 22.1. The van der Waals surface area contributed by atoms with Gasteiger partial charge in [-0.05, 0) is 49.6 Å². The Morgan fingerprint density at radius 2 is 1.97 bits per heavy atom. The molecular formula is C23H24N8O. The van der Waals surface area contributed by atoms with Gasteiger partial charge in [-0.25, -0.2) is 15.0 Å². The fraction of sp³-hybridized carbons (Fsp3) is 0.217. The van der Waals surface area contributed by atoms with E-state index in [2.05, 4.69) is 30.9 Å². The van der Waals surface area contributed by atoms with Crippen molar-refractivity contribution in [2.45, 2.75) is 25.8 Å². The van der Waals surface area contributed by atoms with E-state index in [0.29, 0.717) is 29.2 Å². The maximum atomic E-state index is 12.6. The van der Waals surface area contributed by atoms with E-state index >= 15 is 0 Å². The van der Waals surface area contributed by atoms with E-state index in [0.717, 1.165) is 17.1 Å². The molecule has 1 amide bonds. The second-order valence-corrected chi connectivity index (χ2v) is 7.91. The number of nitrogens with zero attached hydrogens (tertiary/aromatic N) is 5. The predicted molar refractivity (Wildman–Crippen MR) is 124 cm³/mol. The van der Waals surface area contributed by atoms with Crippen LogP contribution in [0.1, 0.15) is 28.9 Å². The predicted octanol–water partition coefficient (Wildman–Crippen LogP) is 3.88. The molecule has 1 aliphatic rings. The highest BCUT2D eigenvalue weighted by molar-refractivity contribution is 6.03. The normalized spacial score (nSPS) is 13.1. The van der Waals surface area contributed by atoms with Crippen molar-refractivity contribution in [1.82, 2.24) is 24.1 Å². The van der Waals surface area contributed by atoms with Crippen LogP contribution in [0.5, 0.6) is 0 Å². The summed E-state index contributed by atoms with van der Waals surface area (Å²) in [5.74, 6) is 1.98. The zero-order valence-electron chi connectivity index (χ0n) is 17.9. The van der Waals surface area contributed by atoms with Gasteiger partial charge in [-0.3, -0.25) is 9.36 Å². The molecule has 0 unspecified atom stereocenters. The monoisotopic (exact) mass is 428 g/mol. The maximum absolute atomic E-state index is 12.6. The van der Waals surface area contributed by atoms with Crippen LogP contribution in [0.25, 0.3) is 5.82 Å². The Morgan fingerprint density at radius 1 is 1.09 bits per heavy atom. The van der Waals surface area contributed by atoms with E-state index < -0.39 is 0 Å². The first-order valence-electron chi connectivity index (χ1n) is 10.5. The summed E-state index contributed by atoms with van der Waals surface area (Å²) in [4.78, 5) is 25.7. The Bertz CT molecular complexity index is 1270. The molecule has 9 nitrogen and oxygen atoms in total. The van der Waals surface area contributed by atoms with Crippen molar-refractivity contribution >= 4 is 29.0 Å². The number of aromatic nitrogens is 5. The number of carbonyl (C=O) groups excluding carboxylic acids is 1. The van der Waals surface area contributed by atoms with Crippen LogP contribution >= 0.6 is 0 Å². The molecule has 162 valence electrons. The first-order valence-corrected chi connectivity index (χ1v) is 10.5. The summed E-state index contributed by atoms with van der Waals surface area (Å²) in [5.41, 5.74) is 3.15. The van der Waals surface area contributed by atoms with E-state index in [9.17, 15) is 4.79 Å². The summed E-state index contributed by atoms with van der Waals surface area (Å²) in [6, 6.07) is 11.8. The maximum Gasteiger partial charge on any atom is 0.272 e. The van der Waals surface area contributed by atoms with Crippen LogP contribution < -0.4 is 16.0 Å². The van der Waals surface area contributed by atoms with Gasteiger partial charge in [-0.15, -0.1) is 0 Å². The second-order valence-electron chi connectivity index (χ2n) is 7.91. The van der Waals surface area contributed by atoms with Gasteiger partial charge in [0.15, 0.2) is 0 Å². The number of benzene rings is 1. The number of amides is 1. The molecule has 0 saturated heterocycles. The molecule has 3 aromatic heterocycles. The van der Waals surface area contributed by atoms with E-state index in [1.165, 1.54) is 12.8 Å². The minimum Gasteiger partial charge on any atom is -0.367 e. The van der Waals surface area contributed by atoms with Gasteiger partial charge in [-0.1, -0.05) is 6.07 Å². The van der Waals surface area contributed by atoms with Crippen LogP contribution in [0.2, 0.25) is 0 Å². The molecule has 0 aliphatic heterocycles. The molecule has 1 saturated carbocycles. The standard InChI is InChI=1S/C23H24N8O/c1-15-5-6-17(28-22(32)19-4-3-10-30(19)2)12-18(15)29-23-24-9-11-31(23)21-13-20(25-14-26-21)27-16-7-8-16/h3-6,9-14,16H,7-8H2,1-2H3,(H,24,29)(H,28,32)(H,25,26,27). The Balaban J connectivity index is 1.37. The molecular weight excluding hydrogens is 404 g/mol. The highest BCUT2D eigenvalue weighted by Crippen LogP contribution is 2.27. The largest absolute Gasteiger partial charge is 0.367 e. The molecule has 0 spiro atoms. The van der Waals surface area contributed by atoms with Gasteiger partial charge in [0.25, 0.3) is 5.91 Å². The lowest BCUT2D eigenvalue weighted by molar-refractivity contribution is 0.101. The molecule has 32 heavy (non-hydrogen) atoms. The van der Waals surface area contributed by atoms with Crippen molar-refractivity contribution < 1.29 is 4.79 Å². The smallest absolute Gasteiger partial charge is 0.272 e. The average molecular weight is 429 g/mol. The highest BCUT2D eigenvalue weighted by Gasteiger charge is 2.21. The van der Waals surface area contributed by atoms with Crippen LogP contribution in [0.3, 0.4) is 0 Å². The number of rotatable bonds is 7. The van der Waals surface area contributed by atoms with Crippen molar-refractivity contribution in [3.63, 3.8) is 0 Å². The van der Waals surface area contributed by atoms with Crippen LogP contribution in [-0.2, 0) is 7.05 Å². The number of carbonyl (C=O) groups is 1. The third kappa shape index (κ3) is 4.18. The minimum absolute atomic E-state index is 0.162. The van der Waals surface area contributed by atoms with Crippen LogP contribution in [0.4, 0.5) is 23.1 Å². The van der Waals surface area contributed by atoms with Gasteiger partial charge in [0.05, 0.1) is 0 Å². The molecule has 3 N–H and O–H groups in total. The van der Waals surface area contributed by atoms with Gasteiger partial charge < -0.3 is 20.5 Å². The first-order chi connectivity index (χ1) is 15.6. The van der Waals surface area contributed by atoms with E-state index in [4.69, 9.17) is 0 Å². The molecule has 1 fully saturated rings. The Labute approximate surface area is 185 Å². The van der Waals surface area contributed by atoms with Gasteiger partial charge in [0.1, 0.15) is 23.7 Å². The van der Waals surface area contributed by atoms with Crippen molar-refractivity contribution in [1.29, 1.82) is 0 Å².